The first-order valence-electron chi connectivity index (χ1n) is 10.8. The minimum atomic E-state index is 0. The van der Waals surface area contributed by atoms with Gasteiger partial charge in [0.15, 0.2) is 0 Å². The molecule has 1 radical (unpaired) electrons. The molecule has 0 N–H and O–H groups in total. The standard InChI is InChI=1S/C31H21.2ClH.Zr/c1-3-13-23(14-4-1)30(24-15-5-2-6-16-24)31-27(22-11-7-8-12-22)19-20-28-26-18-10-9-17-25(26)21-29(28)31;;;/h1-20,22H;2*1H;/q-1;;;+3/p-2. The zero-order valence-corrected chi connectivity index (χ0v) is 22.4. The van der Waals surface area contributed by atoms with E-state index in [1.807, 2.05) is 0 Å². The predicted octanol–water partition coefficient (Wildman–Crippen LogP) is -0.165. The van der Waals surface area contributed by atoms with Crippen LogP contribution in [-0.4, -0.2) is 0 Å². The summed E-state index contributed by atoms with van der Waals surface area (Å²) in [5.41, 5.74) is 8.76. The van der Waals surface area contributed by atoms with Crippen molar-refractivity contribution >= 4 is 11.6 Å². The summed E-state index contributed by atoms with van der Waals surface area (Å²) in [6.07, 6.45) is 12.6. The molecule has 0 spiro atoms. The van der Waals surface area contributed by atoms with E-state index >= 15 is 0 Å². The molecular formula is C31H21Cl2Zr. The third-order valence-corrected chi connectivity index (χ3v) is 6.20. The van der Waals surface area contributed by atoms with Crippen LogP contribution in [0.1, 0.15) is 28.2 Å². The molecule has 0 fully saturated rings. The van der Waals surface area contributed by atoms with E-state index < -0.39 is 0 Å². The van der Waals surface area contributed by atoms with E-state index in [2.05, 4.69) is 127 Å². The van der Waals surface area contributed by atoms with Gasteiger partial charge in [-0.1, -0.05) is 126 Å². The number of allylic oxidation sites excluding steroid dienone is 4. The molecule has 4 aromatic rings. The molecule has 4 aromatic carbocycles. The van der Waals surface area contributed by atoms with Crippen LogP contribution >= 0.6 is 0 Å². The summed E-state index contributed by atoms with van der Waals surface area (Å²) in [6, 6.07) is 34.7. The molecule has 0 saturated carbocycles. The van der Waals surface area contributed by atoms with Crippen LogP contribution in [0.2, 0.25) is 0 Å². The number of rotatable bonds is 3. The van der Waals surface area contributed by atoms with Crippen molar-refractivity contribution in [2.75, 3.05) is 0 Å². The monoisotopic (exact) mass is 553 g/mol. The molecule has 0 amide bonds. The molecule has 0 unspecified atom stereocenters. The van der Waals surface area contributed by atoms with Crippen molar-refractivity contribution in [1.29, 1.82) is 0 Å². The average molecular weight is 556 g/mol. The molecule has 0 atom stereocenters. The average Bonchev–Trinajstić information content (AvgIpc) is 3.49. The van der Waals surface area contributed by atoms with E-state index in [4.69, 9.17) is 0 Å². The molecular weight excluding hydrogens is 534 g/mol. The summed E-state index contributed by atoms with van der Waals surface area (Å²) >= 11 is 0. The summed E-state index contributed by atoms with van der Waals surface area (Å²) in [5, 5.41) is 2.49. The Bertz CT molecular complexity index is 1420. The number of hydrogen-bond donors (Lipinski definition) is 0. The van der Waals surface area contributed by atoms with Crippen LogP contribution in [0.3, 0.4) is 0 Å². The van der Waals surface area contributed by atoms with Gasteiger partial charge in [-0.15, -0.1) is 34.1 Å². The molecule has 0 nitrogen and oxygen atoms in total. The van der Waals surface area contributed by atoms with Crippen LogP contribution < -0.4 is 35.3 Å². The molecule has 34 heavy (non-hydrogen) atoms. The first-order chi connectivity index (χ1) is 15.4. The smallest absolute Gasteiger partial charge is 1.00 e. The Kier molecular flexibility index (Phi) is 8.72. The summed E-state index contributed by atoms with van der Waals surface area (Å²) in [6.45, 7) is 0. The summed E-state index contributed by atoms with van der Waals surface area (Å²) < 4.78 is 0. The first-order valence-corrected chi connectivity index (χ1v) is 10.8. The SMILES string of the molecule is [C-]1=c2c(ccc(C3C=CC=C3)c2=C(c2ccccc2)c2ccccc2)-c2ccccc21.[Cl-].[Cl-].[Zr+3]. The van der Waals surface area contributed by atoms with Gasteiger partial charge in [0.2, 0.25) is 0 Å². The van der Waals surface area contributed by atoms with Gasteiger partial charge in [0.1, 0.15) is 0 Å². The quantitative estimate of drug-likeness (QED) is 0.272. The molecule has 6 rings (SSSR count). The van der Waals surface area contributed by atoms with Gasteiger partial charge < -0.3 is 24.8 Å². The molecule has 163 valence electrons. The summed E-state index contributed by atoms with van der Waals surface area (Å²) in [7, 11) is 0. The van der Waals surface area contributed by atoms with Crippen LogP contribution in [0.4, 0.5) is 0 Å². The predicted molar refractivity (Wildman–Crippen MR) is 129 cm³/mol. The Balaban J connectivity index is 0.00000108. The Morgan fingerprint density at radius 1 is 0.588 bits per heavy atom. The largest absolute Gasteiger partial charge is 3.00 e. The molecule has 0 saturated heterocycles. The Hall–Kier alpha value is -2.44. The van der Waals surface area contributed by atoms with Crippen molar-refractivity contribution in [1.82, 2.24) is 0 Å². The van der Waals surface area contributed by atoms with Gasteiger partial charge in [0.05, 0.1) is 0 Å². The second-order valence-electron chi connectivity index (χ2n) is 8.03. The molecule has 2 aliphatic rings. The molecule has 0 heterocycles. The third kappa shape index (κ3) is 4.58. The van der Waals surface area contributed by atoms with Gasteiger partial charge in [0.25, 0.3) is 0 Å². The molecule has 2 aliphatic carbocycles. The maximum Gasteiger partial charge on any atom is 3.00 e. The van der Waals surface area contributed by atoms with Crippen molar-refractivity contribution < 1.29 is 51.0 Å². The van der Waals surface area contributed by atoms with E-state index in [0.717, 1.165) is 0 Å². The third-order valence-electron chi connectivity index (χ3n) is 6.20. The van der Waals surface area contributed by atoms with Crippen LogP contribution in [-0.2, 0) is 26.2 Å². The minimum absolute atomic E-state index is 0. The topological polar surface area (TPSA) is 0 Å². The molecule has 0 aliphatic heterocycles. The van der Waals surface area contributed by atoms with Gasteiger partial charge in [-0.05, 0) is 16.7 Å². The minimum Gasteiger partial charge on any atom is -1.00 e. The number of benzene rings is 4. The van der Waals surface area contributed by atoms with Crippen molar-refractivity contribution in [2.24, 2.45) is 0 Å². The van der Waals surface area contributed by atoms with Gasteiger partial charge >= 0.3 is 26.2 Å². The van der Waals surface area contributed by atoms with Gasteiger partial charge in [0, 0.05) is 5.92 Å². The molecule has 0 aromatic heterocycles. The fourth-order valence-corrected chi connectivity index (χ4v) is 4.79. The molecule has 3 heteroatoms. The van der Waals surface area contributed by atoms with Crippen molar-refractivity contribution in [3.05, 3.63) is 154 Å². The van der Waals surface area contributed by atoms with E-state index in [1.54, 1.807) is 0 Å². The van der Waals surface area contributed by atoms with E-state index in [0.29, 0.717) is 0 Å². The van der Waals surface area contributed by atoms with Crippen LogP contribution in [0.5, 0.6) is 0 Å². The Morgan fingerprint density at radius 2 is 1.15 bits per heavy atom. The van der Waals surface area contributed by atoms with Crippen LogP contribution in [0, 0.1) is 0 Å². The molecule has 0 bridgehead atoms. The summed E-state index contributed by atoms with van der Waals surface area (Å²) in [4.78, 5) is 0. The first kappa shape index (κ1) is 26.2. The van der Waals surface area contributed by atoms with Crippen molar-refractivity contribution in [3.8, 4) is 11.1 Å². The normalized spacial score (nSPS) is 12.5. The van der Waals surface area contributed by atoms with E-state index in [9.17, 15) is 0 Å². The second-order valence-corrected chi connectivity index (χ2v) is 8.03. The van der Waals surface area contributed by atoms with E-state index in [-0.39, 0.29) is 56.9 Å². The van der Waals surface area contributed by atoms with Crippen molar-refractivity contribution in [2.45, 2.75) is 5.92 Å². The van der Waals surface area contributed by atoms with Crippen LogP contribution in [0.25, 0.3) is 22.8 Å². The van der Waals surface area contributed by atoms with Gasteiger partial charge in [-0.2, -0.15) is 0 Å². The zero-order chi connectivity index (χ0) is 20.6. The van der Waals surface area contributed by atoms with Crippen molar-refractivity contribution in [3.63, 3.8) is 0 Å². The van der Waals surface area contributed by atoms with Gasteiger partial charge in [-0.25, -0.2) is 0 Å². The summed E-state index contributed by atoms with van der Waals surface area (Å²) in [5.74, 6) is 0.272. The Morgan fingerprint density at radius 3 is 1.76 bits per heavy atom. The number of hydrogen-bond acceptors (Lipinski definition) is 0. The fourth-order valence-electron chi connectivity index (χ4n) is 4.79. The van der Waals surface area contributed by atoms with E-state index in [1.165, 1.54) is 49.4 Å². The fraction of sp³-hybridized carbons (Fsp3) is 0.0323. The second kappa shape index (κ2) is 11.3. The number of halogens is 2. The zero-order valence-electron chi connectivity index (χ0n) is 18.4. The Labute approximate surface area is 232 Å². The van der Waals surface area contributed by atoms with Crippen LogP contribution in [0.15, 0.2) is 121 Å². The maximum absolute atomic E-state index is 3.76. The maximum atomic E-state index is 3.76. The van der Waals surface area contributed by atoms with Gasteiger partial charge in [-0.3, -0.25) is 0 Å². The number of fused-ring (bicyclic) bond motifs is 3.